The first-order valence-corrected chi connectivity index (χ1v) is 10.2. The highest BCUT2D eigenvalue weighted by molar-refractivity contribution is 7.75. The summed E-state index contributed by atoms with van der Waals surface area (Å²) in [5, 5.41) is 0. The number of thiol groups is 1. The summed E-state index contributed by atoms with van der Waals surface area (Å²) in [6, 6.07) is 11.4. The van der Waals surface area contributed by atoms with Gasteiger partial charge >= 0.3 is 12.1 Å². The molecule has 1 atom stereocenters. The summed E-state index contributed by atoms with van der Waals surface area (Å²) in [4.78, 5) is 24.9. The quantitative estimate of drug-likeness (QED) is 0.378. The molecule has 0 spiro atoms. The molecule has 0 saturated carbocycles. The maximum atomic E-state index is 14.5. The number of nitrogens with zero attached hydrogens (tertiary/aromatic N) is 1. The highest BCUT2D eigenvalue weighted by atomic mass is 32.1. The molecule has 0 amide bonds. The van der Waals surface area contributed by atoms with E-state index in [9.17, 15) is 14.0 Å². The molecule has 3 rings (SSSR count). The summed E-state index contributed by atoms with van der Waals surface area (Å²) in [6.07, 6.45) is -0.390. The molecule has 166 valence electrons. The second-order valence-electron chi connectivity index (χ2n) is 7.37. The smallest absolute Gasteiger partial charge is 0.489 e. The average Bonchev–Trinajstić information content (AvgIpc) is 3.19. The van der Waals surface area contributed by atoms with Gasteiger partial charge in [-0.3, -0.25) is 0 Å². The van der Waals surface area contributed by atoms with Crippen LogP contribution in [0.5, 0.6) is 5.75 Å². The molecule has 2 aromatic carbocycles. The van der Waals surface area contributed by atoms with E-state index in [1.165, 1.54) is 6.07 Å². The normalized spacial score (nSPS) is 15.6. The summed E-state index contributed by atoms with van der Waals surface area (Å²) in [5.74, 6) is -0.584. The molecule has 31 heavy (non-hydrogen) atoms. The minimum absolute atomic E-state index is 0.0752. The monoisotopic (exact) mass is 449 g/mol. The highest BCUT2D eigenvalue weighted by Gasteiger charge is 2.26. The first-order chi connectivity index (χ1) is 14.9. The van der Waals surface area contributed by atoms with Crippen LogP contribution in [0.1, 0.15) is 36.2 Å². The van der Waals surface area contributed by atoms with E-state index >= 15 is 0 Å². The van der Waals surface area contributed by atoms with Gasteiger partial charge in [0, 0.05) is 25.9 Å². The van der Waals surface area contributed by atoms with Gasteiger partial charge in [-0.05, 0) is 49.7 Å². The number of anilines is 1. The molecule has 1 saturated heterocycles. The van der Waals surface area contributed by atoms with Crippen LogP contribution in [0.4, 0.5) is 14.9 Å². The molecule has 1 aliphatic rings. The molecule has 1 aliphatic heterocycles. The number of halogens is 1. The fourth-order valence-corrected chi connectivity index (χ4v) is 3.36. The van der Waals surface area contributed by atoms with Gasteiger partial charge in [-0.15, -0.1) is 0 Å². The van der Waals surface area contributed by atoms with Crippen molar-refractivity contribution in [3.63, 3.8) is 0 Å². The topological polar surface area (TPSA) is 74.3 Å². The van der Waals surface area contributed by atoms with E-state index in [0.717, 1.165) is 11.6 Å². The Labute approximate surface area is 185 Å². The van der Waals surface area contributed by atoms with Gasteiger partial charge in [0.25, 0.3) is 0 Å². The molecule has 0 unspecified atom stereocenters. The van der Waals surface area contributed by atoms with Crippen LogP contribution < -0.4 is 9.64 Å². The van der Waals surface area contributed by atoms with E-state index < -0.39 is 17.9 Å². The highest BCUT2D eigenvalue weighted by Crippen LogP contribution is 2.27. The minimum Gasteiger partial charge on any atom is -0.489 e. The predicted octanol–water partition coefficient (Wildman–Crippen LogP) is 4.55. The lowest BCUT2D eigenvalue weighted by molar-refractivity contribution is 0.0297. The fourth-order valence-electron chi connectivity index (χ4n) is 3.26. The molecule has 0 aliphatic carbocycles. The van der Waals surface area contributed by atoms with Crippen LogP contribution in [0.2, 0.25) is 0 Å². The van der Waals surface area contributed by atoms with Gasteiger partial charge in [0.05, 0.1) is 23.9 Å². The maximum Gasteiger partial charge on any atom is 0.508 e. The SMILES string of the molecule is CC(C)OC(=O)OCc1cccc(O[C@H]2CCN(c3ccc(C(=O)OS)cc3F)C2)c1. The second kappa shape index (κ2) is 10.4. The lowest BCUT2D eigenvalue weighted by atomic mass is 10.2. The van der Waals surface area contributed by atoms with E-state index in [-0.39, 0.29) is 24.4 Å². The fraction of sp³-hybridized carbons (Fsp3) is 0.364. The van der Waals surface area contributed by atoms with Crippen molar-refractivity contribution in [1.82, 2.24) is 0 Å². The summed E-state index contributed by atoms with van der Waals surface area (Å²) >= 11 is 3.45. The summed E-state index contributed by atoms with van der Waals surface area (Å²) in [6.45, 7) is 4.68. The van der Waals surface area contributed by atoms with Crippen LogP contribution in [0.15, 0.2) is 42.5 Å². The molecule has 0 aromatic heterocycles. The lowest BCUT2D eigenvalue weighted by Gasteiger charge is -2.20. The molecule has 0 bridgehead atoms. The van der Waals surface area contributed by atoms with Gasteiger partial charge in [-0.25, -0.2) is 14.0 Å². The van der Waals surface area contributed by atoms with Crippen LogP contribution in [0.3, 0.4) is 0 Å². The molecule has 0 radical (unpaired) electrons. The number of hydrogen-bond donors (Lipinski definition) is 1. The Bertz CT molecular complexity index is 938. The van der Waals surface area contributed by atoms with Gasteiger partial charge < -0.3 is 23.3 Å². The second-order valence-corrected chi connectivity index (χ2v) is 7.55. The minimum atomic E-state index is -0.719. The van der Waals surface area contributed by atoms with Gasteiger partial charge in [-0.2, -0.15) is 0 Å². The molecular weight excluding hydrogens is 425 g/mol. The standard InChI is InChI=1S/C22H24FNO6S/c1-14(2)28-22(26)27-13-15-4-3-5-17(10-15)29-18-8-9-24(12-18)20-7-6-16(11-19(20)23)21(25)30-31/h3-7,10-11,14,18,31H,8-9,12-13H2,1-2H3/t18-/m0/s1. The zero-order chi connectivity index (χ0) is 22.4. The van der Waals surface area contributed by atoms with E-state index in [4.69, 9.17) is 14.2 Å². The van der Waals surface area contributed by atoms with Crippen LogP contribution in [-0.2, 0) is 20.3 Å². The van der Waals surface area contributed by atoms with Crippen molar-refractivity contribution in [2.45, 2.75) is 39.1 Å². The molecule has 1 fully saturated rings. The zero-order valence-electron chi connectivity index (χ0n) is 17.2. The van der Waals surface area contributed by atoms with Gasteiger partial charge in [0.2, 0.25) is 0 Å². The zero-order valence-corrected chi connectivity index (χ0v) is 18.1. The maximum absolute atomic E-state index is 14.5. The first-order valence-electron chi connectivity index (χ1n) is 9.85. The lowest BCUT2D eigenvalue weighted by Crippen LogP contribution is -2.25. The van der Waals surface area contributed by atoms with Crippen LogP contribution in [0.25, 0.3) is 0 Å². The average molecular weight is 450 g/mol. The molecule has 0 N–H and O–H groups in total. The van der Waals surface area contributed by atoms with E-state index in [1.807, 2.05) is 23.1 Å². The van der Waals surface area contributed by atoms with E-state index in [1.54, 1.807) is 26.0 Å². The first kappa shape index (κ1) is 22.7. The summed E-state index contributed by atoms with van der Waals surface area (Å²) < 4.78 is 34.8. The van der Waals surface area contributed by atoms with Crippen molar-refractivity contribution >= 4 is 30.7 Å². The Morgan fingerprint density at radius 3 is 2.74 bits per heavy atom. The third kappa shape index (κ3) is 6.27. The molecule has 1 heterocycles. The van der Waals surface area contributed by atoms with E-state index in [0.29, 0.717) is 30.9 Å². The van der Waals surface area contributed by atoms with Crippen LogP contribution in [-0.4, -0.2) is 37.4 Å². The summed E-state index contributed by atoms with van der Waals surface area (Å²) in [5.41, 5.74) is 1.26. The molecule has 2 aromatic rings. The molecule has 7 nitrogen and oxygen atoms in total. The summed E-state index contributed by atoms with van der Waals surface area (Å²) in [7, 11) is 0. The molecule has 9 heteroatoms. The Balaban J connectivity index is 1.57. The van der Waals surface area contributed by atoms with Gasteiger partial charge in [-0.1, -0.05) is 12.1 Å². The van der Waals surface area contributed by atoms with Crippen molar-refractivity contribution in [1.29, 1.82) is 0 Å². The Morgan fingerprint density at radius 2 is 2.03 bits per heavy atom. The third-order valence-corrected chi connectivity index (χ3v) is 4.81. The number of benzene rings is 2. The Hall–Kier alpha value is -2.94. The number of carbonyl (C=O) groups excluding carboxylic acids is 2. The van der Waals surface area contributed by atoms with E-state index in [2.05, 4.69) is 17.1 Å². The van der Waals surface area contributed by atoms with Gasteiger partial charge in [0.1, 0.15) is 24.3 Å². The third-order valence-electron chi connectivity index (χ3n) is 4.64. The van der Waals surface area contributed by atoms with Crippen molar-refractivity contribution in [3.8, 4) is 5.75 Å². The van der Waals surface area contributed by atoms with Gasteiger partial charge in [0.15, 0.2) is 0 Å². The Kier molecular flexibility index (Phi) is 7.62. The van der Waals surface area contributed by atoms with Crippen LogP contribution >= 0.6 is 12.9 Å². The predicted molar refractivity (Wildman–Crippen MR) is 115 cm³/mol. The number of hydrogen-bond acceptors (Lipinski definition) is 8. The van der Waals surface area contributed by atoms with Crippen molar-refractivity contribution < 1.29 is 32.4 Å². The number of rotatable bonds is 7. The number of ether oxygens (including phenoxy) is 3. The van der Waals surface area contributed by atoms with Crippen molar-refractivity contribution in [2.24, 2.45) is 0 Å². The number of carbonyl (C=O) groups is 2. The molecular formula is C22H24FNO6S. The van der Waals surface area contributed by atoms with Crippen molar-refractivity contribution in [3.05, 3.63) is 59.4 Å². The van der Waals surface area contributed by atoms with Crippen molar-refractivity contribution in [2.75, 3.05) is 18.0 Å². The Morgan fingerprint density at radius 1 is 1.23 bits per heavy atom. The van der Waals surface area contributed by atoms with Crippen LogP contribution in [0, 0.1) is 5.82 Å². The largest absolute Gasteiger partial charge is 0.508 e.